The number of rotatable bonds is 7. The fraction of sp³-hybridized carbons (Fsp3) is 0.111. The maximum Gasteiger partial charge on any atom is 0.294 e. The number of nitrogens with two attached hydrogens (primary N) is 1. The summed E-state index contributed by atoms with van der Waals surface area (Å²) in [6, 6.07) is 11.0. The van der Waals surface area contributed by atoms with Crippen LogP contribution in [-0.2, 0) is 0 Å². The van der Waals surface area contributed by atoms with E-state index in [-0.39, 0.29) is 17.3 Å². The number of hydrazone groups is 1. The van der Waals surface area contributed by atoms with Gasteiger partial charge in [0.1, 0.15) is 5.69 Å². The zero-order chi connectivity index (χ0) is 21.8. The molecule has 1 aromatic carbocycles. The van der Waals surface area contributed by atoms with Crippen LogP contribution >= 0.6 is 23.1 Å². The molecule has 0 spiro atoms. The molecule has 0 saturated carbocycles. The lowest BCUT2D eigenvalue weighted by atomic mass is 10.1. The number of anilines is 1. The number of amides is 1. The second-order valence-electron chi connectivity index (χ2n) is 5.95. The number of thiophene rings is 1. The van der Waals surface area contributed by atoms with Crippen molar-refractivity contribution in [1.82, 2.24) is 30.7 Å². The van der Waals surface area contributed by atoms with Crippen molar-refractivity contribution in [2.24, 2.45) is 5.10 Å². The molecule has 4 aromatic rings. The fourth-order valence-corrected chi connectivity index (χ4v) is 4.19. The van der Waals surface area contributed by atoms with Crippen LogP contribution in [0.25, 0.3) is 17.1 Å². The van der Waals surface area contributed by atoms with Crippen LogP contribution in [-0.4, -0.2) is 50.8 Å². The van der Waals surface area contributed by atoms with E-state index in [0.29, 0.717) is 16.3 Å². The van der Waals surface area contributed by atoms with Gasteiger partial charge in [-0.15, -0.1) is 16.9 Å². The molecule has 31 heavy (non-hydrogen) atoms. The third-order valence-corrected chi connectivity index (χ3v) is 6.26. The van der Waals surface area contributed by atoms with Gasteiger partial charge in [-0.1, -0.05) is 46.9 Å². The second-order valence-corrected chi connectivity index (χ2v) is 8.07. The first-order valence-corrected chi connectivity index (χ1v) is 10.8. The number of carbonyl (C=O) groups excluding carboxylic acids is 1. The Morgan fingerprint density at radius 2 is 2.16 bits per heavy atom. The molecule has 1 amide bonds. The summed E-state index contributed by atoms with van der Waals surface area (Å²) >= 11 is 3.09. The van der Waals surface area contributed by atoms with Crippen LogP contribution in [0.1, 0.15) is 16.1 Å². The molecule has 0 radical (unpaired) electrons. The average Bonchev–Trinajstić information content (AvgIpc) is 3.51. The monoisotopic (exact) mass is 456 g/mol. The molecule has 0 bridgehead atoms. The van der Waals surface area contributed by atoms with Crippen molar-refractivity contribution >= 4 is 41.0 Å². The molecule has 0 aliphatic heterocycles. The minimum Gasteiger partial charge on any atom is -0.487 e. The molecule has 0 aliphatic carbocycles. The highest BCUT2D eigenvalue weighted by Crippen LogP contribution is 2.34. The zero-order valence-electron chi connectivity index (χ0n) is 16.3. The van der Waals surface area contributed by atoms with E-state index in [9.17, 15) is 4.79 Å². The van der Waals surface area contributed by atoms with Crippen molar-refractivity contribution in [2.45, 2.75) is 4.21 Å². The topological polar surface area (TPSA) is 146 Å². The summed E-state index contributed by atoms with van der Waals surface area (Å²) < 4.78 is 12.4. The van der Waals surface area contributed by atoms with Crippen molar-refractivity contribution < 1.29 is 14.2 Å². The Balaban J connectivity index is 1.65. The lowest BCUT2D eigenvalue weighted by molar-refractivity contribution is 0.0950. The first kappa shape index (κ1) is 20.6. The number of nitrogen functional groups attached to an aromatic ring is 1. The van der Waals surface area contributed by atoms with Gasteiger partial charge in [0.2, 0.25) is 11.6 Å². The van der Waals surface area contributed by atoms with Gasteiger partial charge in [-0.2, -0.15) is 9.78 Å². The van der Waals surface area contributed by atoms with Crippen LogP contribution in [0.5, 0.6) is 5.06 Å². The van der Waals surface area contributed by atoms with Gasteiger partial charge in [-0.3, -0.25) is 4.79 Å². The Hall–Kier alpha value is -3.71. The van der Waals surface area contributed by atoms with Gasteiger partial charge >= 0.3 is 0 Å². The van der Waals surface area contributed by atoms with Crippen LogP contribution in [0.3, 0.4) is 0 Å². The molecule has 0 saturated heterocycles. The molecule has 4 rings (SSSR count). The van der Waals surface area contributed by atoms with E-state index in [1.54, 1.807) is 31.0 Å². The van der Waals surface area contributed by atoms with Crippen molar-refractivity contribution in [1.29, 1.82) is 0 Å². The number of methoxy groups -OCH3 is 1. The number of hydrogen-bond donors (Lipinski definition) is 2. The van der Waals surface area contributed by atoms with E-state index < -0.39 is 5.91 Å². The Morgan fingerprint density at radius 3 is 2.84 bits per heavy atom. The molecule has 3 aromatic heterocycles. The minimum atomic E-state index is -0.560. The van der Waals surface area contributed by atoms with Crippen LogP contribution in [0, 0.1) is 0 Å². The Labute approximate surface area is 184 Å². The second kappa shape index (κ2) is 8.97. The molecular formula is C18H16N8O3S2. The summed E-state index contributed by atoms with van der Waals surface area (Å²) in [5.41, 5.74) is 10.1. The molecule has 0 aliphatic rings. The number of hydrogen-bond acceptors (Lipinski definition) is 11. The molecule has 0 atom stereocenters. The number of nitrogens with zero attached hydrogens (tertiary/aromatic N) is 6. The van der Waals surface area contributed by atoms with E-state index in [4.69, 9.17) is 10.5 Å². The van der Waals surface area contributed by atoms with Gasteiger partial charge < -0.3 is 10.5 Å². The van der Waals surface area contributed by atoms with Crippen molar-refractivity contribution in [3.05, 3.63) is 47.7 Å². The molecule has 11 nitrogen and oxygen atoms in total. The zero-order valence-corrected chi connectivity index (χ0v) is 18.0. The van der Waals surface area contributed by atoms with Gasteiger partial charge in [0, 0.05) is 11.1 Å². The first-order valence-electron chi connectivity index (χ1n) is 8.77. The molecule has 3 N–H and O–H groups in total. The molecule has 13 heteroatoms. The SMILES string of the molecule is COc1sc(SC)cc1/C=N\NC(=O)c1nnn(-c2nonc2N)c1-c1ccccc1. The fourth-order valence-electron chi connectivity index (χ4n) is 2.71. The Morgan fingerprint density at radius 1 is 1.35 bits per heavy atom. The number of carbonyl (C=O) groups is 1. The maximum atomic E-state index is 12.8. The van der Waals surface area contributed by atoms with Gasteiger partial charge in [0.05, 0.1) is 17.5 Å². The Bertz CT molecular complexity index is 1230. The van der Waals surface area contributed by atoms with Crippen LogP contribution in [0.4, 0.5) is 5.82 Å². The average molecular weight is 457 g/mol. The normalized spacial score (nSPS) is 11.2. The number of nitrogens with one attached hydrogen (secondary N) is 1. The van der Waals surface area contributed by atoms with Crippen LogP contribution < -0.4 is 15.9 Å². The summed E-state index contributed by atoms with van der Waals surface area (Å²) in [6.45, 7) is 0. The molecule has 3 heterocycles. The van der Waals surface area contributed by atoms with Gasteiger partial charge in [-0.05, 0) is 22.6 Å². The summed E-state index contributed by atoms with van der Waals surface area (Å²) in [4.78, 5) is 12.8. The van der Waals surface area contributed by atoms with Crippen molar-refractivity contribution in [3.63, 3.8) is 0 Å². The third kappa shape index (κ3) is 4.13. The van der Waals surface area contributed by atoms with Gasteiger partial charge in [-0.25, -0.2) is 10.1 Å². The van der Waals surface area contributed by atoms with Gasteiger partial charge in [0.15, 0.2) is 10.8 Å². The molecule has 0 unspecified atom stereocenters. The highest BCUT2D eigenvalue weighted by atomic mass is 32.2. The predicted molar refractivity (Wildman–Crippen MR) is 117 cm³/mol. The van der Waals surface area contributed by atoms with Crippen molar-refractivity contribution in [2.75, 3.05) is 19.1 Å². The van der Waals surface area contributed by atoms with E-state index in [0.717, 1.165) is 9.77 Å². The lowest BCUT2D eigenvalue weighted by Crippen LogP contribution is -2.19. The molecule has 158 valence electrons. The quantitative estimate of drug-likeness (QED) is 0.243. The van der Waals surface area contributed by atoms with E-state index in [1.807, 2.05) is 30.5 Å². The first-order chi connectivity index (χ1) is 15.1. The standard InChI is InChI=1S/C18H16N8O3S2/c1-28-18-11(8-12(30-2)31-18)9-20-22-17(27)13-14(10-6-4-3-5-7-10)26(25-21-13)16-15(19)23-29-24-16/h3-9H,1-2H3,(H2,19,23)(H,22,27)/b20-9-. The number of benzene rings is 1. The van der Waals surface area contributed by atoms with Crippen molar-refractivity contribution in [3.8, 4) is 22.1 Å². The largest absolute Gasteiger partial charge is 0.487 e. The lowest BCUT2D eigenvalue weighted by Gasteiger charge is -2.05. The van der Waals surface area contributed by atoms with E-state index >= 15 is 0 Å². The maximum absolute atomic E-state index is 12.8. The highest BCUT2D eigenvalue weighted by Gasteiger charge is 2.25. The molecule has 0 fully saturated rings. The molecular weight excluding hydrogens is 440 g/mol. The smallest absolute Gasteiger partial charge is 0.294 e. The van der Waals surface area contributed by atoms with Gasteiger partial charge in [0.25, 0.3) is 5.91 Å². The van der Waals surface area contributed by atoms with E-state index in [1.165, 1.54) is 22.2 Å². The highest BCUT2D eigenvalue weighted by molar-refractivity contribution is 8.00. The summed E-state index contributed by atoms with van der Waals surface area (Å²) in [7, 11) is 1.58. The van der Waals surface area contributed by atoms with Crippen LogP contribution in [0.2, 0.25) is 0 Å². The number of thioether (sulfide) groups is 1. The predicted octanol–water partition coefficient (Wildman–Crippen LogP) is 2.46. The third-order valence-electron chi connectivity index (χ3n) is 4.09. The summed E-state index contributed by atoms with van der Waals surface area (Å²) in [5.74, 6) is -0.418. The number of aromatic nitrogens is 5. The van der Waals surface area contributed by atoms with Crippen LogP contribution in [0.15, 0.2) is 50.3 Å². The summed E-state index contributed by atoms with van der Waals surface area (Å²) in [5, 5.41) is 20.1. The van der Waals surface area contributed by atoms with E-state index in [2.05, 4.69) is 35.8 Å². The number of ether oxygens (including phenoxy) is 1. The summed E-state index contributed by atoms with van der Waals surface area (Å²) in [6.07, 6.45) is 3.48. The Kier molecular flexibility index (Phi) is 5.95. The minimum absolute atomic E-state index is 0.0150.